The van der Waals surface area contributed by atoms with Crippen LogP contribution >= 0.6 is 0 Å². The number of rotatable bonds is 5. The van der Waals surface area contributed by atoms with Gasteiger partial charge in [0.2, 0.25) is 0 Å². The van der Waals surface area contributed by atoms with E-state index in [9.17, 15) is 0 Å². The minimum Gasteiger partial charge on any atom is -0.494 e. The van der Waals surface area contributed by atoms with Crippen LogP contribution in [-0.2, 0) is 0 Å². The lowest BCUT2D eigenvalue weighted by molar-refractivity contribution is 0.340. The van der Waals surface area contributed by atoms with Gasteiger partial charge in [-0.1, -0.05) is 12.1 Å². The van der Waals surface area contributed by atoms with E-state index in [1.807, 2.05) is 38.2 Å². The van der Waals surface area contributed by atoms with Gasteiger partial charge in [-0.3, -0.25) is 0 Å². The highest BCUT2D eigenvalue weighted by Crippen LogP contribution is 2.20. The topological polar surface area (TPSA) is 45.0 Å². The molecule has 0 aromatic heterocycles. The number of nitrogens with one attached hydrogen (secondary N) is 1. The number of likely N-dealkylation sites (N-methyl/N-ethyl adjacent to an activating group) is 1. The van der Waals surface area contributed by atoms with Gasteiger partial charge in [-0.15, -0.1) is 0 Å². The largest absolute Gasteiger partial charge is 0.494 e. The lowest BCUT2D eigenvalue weighted by atomic mass is 10.0. The summed E-state index contributed by atoms with van der Waals surface area (Å²) in [6.07, 6.45) is 0. The highest BCUT2D eigenvalue weighted by molar-refractivity contribution is 5.33. The Balaban J connectivity index is 2.83. The zero-order chi connectivity index (χ0) is 11.1. The molecule has 0 radical (unpaired) electrons. The first-order chi connectivity index (χ1) is 7.31. The van der Waals surface area contributed by atoms with Gasteiger partial charge < -0.3 is 10.1 Å². The molecule has 80 valence electrons. The molecule has 1 rings (SSSR count). The molecule has 0 saturated carbocycles. The third-order valence-corrected chi connectivity index (χ3v) is 2.14. The van der Waals surface area contributed by atoms with Crippen LogP contribution in [0.4, 0.5) is 0 Å². The maximum Gasteiger partial charge on any atom is 0.119 e. The van der Waals surface area contributed by atoms with Gasteiger partial charge in [0.05, 0.1) is 18.6 Å². The van der Waals surface area contributed by atoms with Crippen LogP contribution in [0, 0.1) is 11.3 Å². The Morgan fingerprint density at radius 2 is 2.33 bits per heavy atom. The molecule has 0 saturated heterocycles. The molecule has 0 heterocycles. The van der Waals surface area contributed by atoms with E-state index in [2.05, 4.69) is 11.4 Å². The molecule has 0 aliphatic heterocycles. The Hall–Kier alpha value is -1.53. The average molecular weight is 204 g/mol. The lowest BCUT2D eigenvalue weighted by Crippen LogP contribution is -2.15. The van der Waals surface area contributed by atoms with Crippen molar-refractivity contribution in [1.82, 2.24) is 5.32 Å². The second-order valence-corrected chi connectivity index (χ2v) is 3.24. The summed E-state index contributed by atoms with van der Waals surface area (Å²) >= 11 is 0. The zero-order valence-electron chi connectivity index (χ0n) is 9.16. The molecular formula is C12H16N2O. The van der Waals surface area contributed by atoms with Crippen LogP contribution in [-0.4, -0.2) is 20.2 Å². The summed E-state index contributed by atoms with van der Waals surface area (Å²) < 4.78 is 5.39. The van der Waals surface area contributed by atoms with Gasteiger partial charge in [0.15, 0.2) is 0 Å². The summed E-state index contributed by atoms with van der Waals surface area (Å²) in [5.74, 6) is 0.710. The summed E-state index contributed by atoms with van der Waals surface area (Å²) in [6, 6.07) is 9.97. The number of ether oxygens (including phenoxy) is 1. The number of nitrogens with zero attached hydrogens (tertiary/aromatic N) is 1. The summed E-state index contributed by atoms with van der Waals surface area (Å²) in [5, 5.41) is 12.0. The van der Waals surface area contributed by atoms with Crippen LogP contribution in [0.3, 0.4) is 0 Å². The molecule has 3 heteroatoms. The number of benzene rings is 1. The van der Waals surface area contributed by atoms with E-state index < -0.39 is 0 Å². The van der Waals surface area contributed by atoms with Crippen molar-refractivity contribution < 1.29 is 4.74 Å². The van der Waals surface area contributed by atoms with E-state index in [0.29, 0.717) is 13.2 Å². The standard InChI is InChI=1S/C12H16N2O/c1-3-15-12-6-4-5-10(7-12)11(8-13)9-14-2/h4-7,11,14H,3,9H2,1-2H3. The van der Waals surface area contributed by atoms with Crippen molar-refractivity contribution in [3.63, 3.8) is 0 Å². The summed E-state index contributed by atoms with van der Waals surface area (Å²) in [5.41, 5.74) is 0.998. The van der Waals surface area contributed by atoms with Crippen molar-refractivity contribution in [3.8, 4) is 11.8 Å². The smallest absolute Gasteiger partial charge is 0.119 e. The van der Waals surface area contributed by atoms with Crippen LogP contribution in [0.2, 0.25) is 0 Å². The molecule has 1 unspecified atom stereocenters. The predicted octanol–water partition coefficient (Wildman–Crippen LogP) is 1.91. The van der Waals surface area contributed by atoms with E-state index in [4.69, 9.17) is 10.00 Å². The summed E-state index contributed by atoms with van der Waals surface area (Å²) in [4.78, 5) is 0. The van der Waals surface area contributed by atoms with Crippen molar-refractivity contribution in [3.05, 3.63) is 29.8 Å². The van der Waals surface area contributed by atoms with Gasteiger partial charge in [0, 0.05) is 6.54 Å². The zero-order valence-corrected chi connectivity index (χ0v) is 9.16. The third kappa shape index (κ3) is 3.26. The molecule has 0 spiro atoms. The molecular weight excluding hydrogens is 188 g/mol. The molecule has 0 aliphatic carbocycles. The van der Waals surface area contributed by atoms with Gasteiger partial charge in [-0.2, -0.15) is 5.26 Å². The van der Waals surface area contributed by atoms with Crippen LogP contribution in [0.5, 0.6) is 5.75 Å². The van der Waals surface area contributed by atoms with Gasteiger partial charge in [-0.25, -0.2) is 0 Å². The fourth-order valence-electron chi connectivity index (χ4n) is 1.43. The van der Waals surface area contributed by atoms with Crippen molar-refractivity contribution in [2.75, 3.05) is 20.2 Å². The Morgan fingerprint density at radius 3 is 2.93 bits per heavy atom. The first-order valence-electron chi connectivity index (χ1n) is 5.08. The Morgan fingerprint density at radius 1 is 1.53 bits per heavy atom. The molecule has 15 heavy (non-hydrogen) atoms. The monoisotopic (exact) mass is 204 g/mol. The van der Waals surface area contributed by atoms with Gasteiger partial charge in [-0.05, 0) is 31.7 Å². The quantitative estimate of drug-likeness (QED) is 0.796. The minimum atomic E-state index is -0.115. The molecule has 0 amide bonds. The average Bonchev–Trinajstić information content (AvgIpc) is 2.27. The number of hydrogen-bond donors (Lipinski definition) is 1. The highest BCUT2D eigenvalue weighted by Gasteiger charge is 2.09. The molecule has 3 nitrogen and oxygen atoms in total. The second-order valence-electron chi connectivity index (χ2n) is 3.24. The van der Waals surface area contributed by atoms with Crippen molar-refractivity contribution in [2.24, 2.45) is 0 Å². The normalized spacial score (nSPS) is 11.8. The molecule has 1 atom stereocenters. The van der Waals surface area contributed by atoms with Gasteiger partial charge in [0.1, 0.15) is 5.75 Å². The van der Waals surface area contributed by atoms with Crippen molar-refractivity contribution in [1.29, 1.82) is 5.26 Å². The van der Waals surface area contributed by atoms with E-state index in [-0.39, 0.29) is 5.92 Å². The molecule has 0 fully saturated rings. The van der Waals surface area contributed by atoms with Crippen LogP contribution in [0.25, 0.3) is 0 Å². The van der Waals surface area contributed by atoms with E-state index in [1.165, 1.54) is 0 Å². The van der Waals surface area contributed by atoms with E-state index in [1.54, 1.807) is 0 Å². The van der Waals surface area contributed by atoms with Gasteiger partial charge in [0.25, 0.3) is 0 Å². The van der Waals surface area contributed by atoms with Crippen LogP contribution in [0.1, 0.15) is 18.4 Å². The van der Waals surface area contributed by atoms with Crippen molar-refractivity contribution >= 4 is 0 Å². The third-order valence-electron chi connectivity index (χ3n) is 2.14. The highest BCUT2D eigenvalue weighted by atomic mass is 16.5. The molecule has 0 aliphatic rings. The first-order valence-corrected chi connectivity index (χ1v) is 5.08. The van der Waals surface area contributed by atoms with Crippen molar-refractivity contribution in [2.45, 2.75) is 12.8 Å². The molecule has 1 aromatic carbocycles. The van der Waals surface area contributed by atoms with Crippen LogP contribution in [0.15, 0.2) is 24.3 Å². The number of hydrogen-bond acceptors (Lipinski definition) is 3. The SMILES string of the molecule is CCOc1cccc(C(C#N)CNC)c1. The maximum atomic E-state index is 9.00. The fourth-order valence-corrected chi connectivity index (χ4v) is 1.43. The predicted molar refractivity (Wildman–Crippen MR) is 59.9 cm³/mol. The molecule has 1 N–H and O–H groups in total. The van der Waals surface area contributed by atoms with Gasteiger partial charge >= 0.3 is 0 Å². The van der Waals surface area contributed by atoms with Crippen LogP contribution < -0.4 is 10.1 Å². The molecule has 0 bridgehead atoms. The Labute approximate surface area is 90.7 Å². The lowest BCUT2D eigenvalue weighted by Gasteiger charge is -2.10. The first kappa shape index (κ1) is 11.5. The Bertz CT molecular complexity index is 344. The second kappa shape index (κ2) is 6.05. The maximum absolute atomic E-state index is 9.00. The van der Waals surface area contributed by atoms with E-state index in [0.717, 1.165) is 11.3 Å². The van der Waals surface area contributed by atoms with E-state index >= 15 is 0 Å². The fraction of sp³-hybridized carbons (Fsp3) is 0.417. The Kier molecular flexibility index (Phi) is 4.65. The summed E-state index contributed by atoms with van der Waals surface area (Å²) in [7, 11) is 1.84. The number of nitriles is 1. The molecule has 1 aromatic rings. The minimum absolute atomic E-state index is 0.115. The summed E-state index contributed by atoms with van der Waals surface area (Å²) in [6.45, 7) is 3.25.